The van der Waals surface area contributed by atoms with Gasteiger partial charge in [0, 0.05) is 22.4 Å². The first-order valence-corrected chi connectivity index (χ1v) is 10.7. The van der Waals surface area contributed by atoms with Gasteiger partial charge in [0.2, 0.25) is 0 Å². The van der Waals surface area contributed by atoms with Crippen LogP contribution in [0.2, 0.25) is 0 Å². The van der Waals surface area contributed by atoms with Crippen molar-refractivity contribution in [2.45, 2.75) is 31.8 Å². The molecule has 3 N–H and O–H groups in total. The number of aryl methyl sites for hydroxylation is 1. The highest BCUT2D eigenvalue weighted by atomic mass is 16.3. The molecule has 7 heteroatoms. The highest BCUT2D eigenvalue weighted by Gasteiger charge is 2.34. The second-order valence-corrected chi connectivity index (χ2v) is 8.42. The van der Waals surface area contributed by atoms with Crippen molar-refractivity contribution in [2.75, 3.05) is 5.73 Å². The van der Waals surface area contributed by atoms with Crippen LogP contribution in [-0.2, 0) is 0 Å². The lowest BCUT2D eigenvalue weighted by atomic mass is 9.82. The van der Waals surface area contributed by atoms with E-state index in [1.807, 2.05) is 18.2 Å². The molecule has 1 saturated carbocycles. The van der Waals surface area contributed by atoms with Gasteiger partial charge in [0.15, 0.2) is 5.82 Å². The largest absolute Gasteiger partial charge is 0.393 e. The Morgan fingerprint density at radius 2 is 1.78 bits per heavy atom. The molecule has 1 aliphatic rings. The van der Waals surface area contributed by atoms with Gasteiger partial charge in [0.05, 0.1) is 17.3 Å². The number of hydrogen-bond acceptors (Lipinski definition) is 6. The summed E-state index contributed by atoms with van der Waals surface area (Å²) in [7, 11) is 0. The number of fused-ring (bicyclic) bond motifs is 2. The lowest BCUT2D eigenvalue weighted by Crippen LogP contribution is -2.28. The first-order valence-electron chi connectivity index (χ1n) is 10.7. The number of hydrogen-bond donors (Lipinski definition) is 2. The van der Waals surface area contributed by atoms with Crippen LogP contribution in [0.4, 0.5) is 5.82 Å². The Bertz CT molecular complexity index is 1470. The summed E-state index contributed by atoms with van der Waals surface area (Å²) in [6.07, 6.45) is 2.54. The van der Waals surface area contributed by atoms with E-state index in [2.05, 4.69) is 53.4 Å². The number of nitrogens with zero attached hydrogens (tertiary/aromatic N) is 5. The van der Waals surface area contributed by atoms with E-state index in [9.17, 15) is 5.11 Å². The summed E-state index contributed by atoms with van der Waals surface area (Å²) in [5.41, 5.74) is 12.7. The SMILES string of the molecule is Cc1c(-c2nc(C3CC(O)C3)n3ncnc(N)c23)ccc2ccc(-c3ccccc3)nc12. The third kappa shape index (κ3) is 2.85. The molecule has 158 valence electrons. The Morgan fingerprint density at radius 3 is 2.56 bits per heavy atom. The molecule has 3 aromatic heterocycles. The Labute approximate surface area is 184 Å². The number of rotatable bonds is 3. The van der Waals surface area contributed by atoms with E-state index in [0.29, 0.717) is 24.2 Å². The van der Waals surface area contributed by atoms with Gasteiger partial charge < -0.3 is 10.8 Å². The molecular formula is C25H22N6O. The maximum atomic E-state index is 9.81. The predicted octanol–water partition coefficient (Wildman–Crippen LogP) is 4.14. The van der Waals surface area contributed by atoms with Crippen LogP contribution in [0.1, 0.15) is 30.1 Å². The van der Waals surface area contributed by atoms with Gasteiger partial charge in [0.1, 0.15) is 23.4 Å². The van der Waals surface area contributed by atoms with Crippen LogP contribution in [0.15, 0.2) is 60.9 Å². The number of nitrogen functional groups attached to an aromatic ring is 1. The van der Waals surface area contributed by atoms with E-state index in [4.69, 9.17) is 15.7 Å². The lowest BCUT2D eigenvalue weighted by molar-refractivity contribution is 0.0711. The number of aliphatic hydroxyl groups is 1. The highest BCUT2D eigenvalue weighted by Crippen LogP contribution is 2.40. The van der Waals surface area contributed by atoms with E-state index in [1.54, 1.807) is 4.52 Å². The number of anilines is 1. The fourth-order valence-corrected chi connectivity index (χ4v) is 4.58. The second kappa shape index (κ2) is 7.10. The molecule has 1 fully saturated rings. The lowest BCUT2D eigenvalue weighted by Gasteiger charge is -2.29. The second-order valence-electron chi connectivity index (χ2n) is 8.42. The Morgan fingerprint density at radius 1 is 1.00 bits per heavy atom. The van der Waals surface area contributed by atoms with Gasteiger partial charge in [-0.05, 0) is 31.4 Å². The van der Waals surface area contributed by atoms with E-state index >= 15 is 0 Å². The van der Waals surface area contributed by atoms with Crippen LogP contribution < -0.4 is 5.73 Å². The molecule has 32 heavy (non-hydrogen) atoms. The van der Waals surface area contributed by atoms with Gasteiger partial charge in [-0.3, -0.25) is 0 Å². The maximum Gasteiger partial charge on any atom is 0.153 e. The van der Waals surface area contributed by atoms with Crippen molar-refractivity contribution in [1.29, 1.82) is 0 Å². The molecule has 2 aromatic carbocycles. The average Bonchev–Trinajstić information content (AvgIpc) is 3.18. The molecule has 0 atom stereocenters. The molecule has 0 amide bonds. The first kappa shape index (κ1) is 18.9. The first-order chi connectivity index (χ1) is 15.6. The minimum atomic E-state index is -0.280. The molecule has 1 aliphatic carbocycles. The van der Waals surface area contributed by atoms with Gasteiger partial charge in [-0.2, -0.15) is 5.10 Å². The van der Waals surface area contributed by atoms with Crippen molar-refractivity contribution in [3.05, 3.63) is 72.3 Å². The average molecular weight is 422 g/mol. The molecule has 3 heterocycles. The van der Waals surface area contributed by atoms with Crippen molar-refractivity contribution in [1.82, 2.24) is 24.6 Å². The summed E-state index contributed by atoms with van der Waals surface area (Å²) in [5.74, 6) is 1.36. The van der Waals surface area contributed by atoms with E-state index in [0.717, 1.165) is 44.8 Å². The van der Waals surface area contributed by atoms with E-state index in [1.165, 1.54) is 6.33 Å². The molecule has 0 aliphatic heterocycles. The quantitative estimate of drug-likeness (QED) is 0.453. The zero-order chi connectivity index (χ0) is 21.8. The molecule has 0 spiro atoms. The van der Waals surface area contributed by atoms with Crippen LogP contribution in [-0.4, -0.2) is 35.8 Å². The Kier molecular flexibility index (Phi) is 4.19. The number of imidazole rings is 1. The highest BCUT2D eigenvalue weighted by molar-refractivity contribution is 5.94. The van der Waals surface area contributed by atoms with Crippen LogP contribution >= 0.6 is 0 Å². The van der Waals surface area contributed by atoms with Crippen LogP contribution in [0.25, 0.3) is 38.9 Å². The van der Waals surface area contributed by atoms with Crippen molar-refractivity contribution in [3.63, 3.8) is 0 Å². The zero-order valence-electron chi connectivity index (χ0n) is 17.6. The van der Waals surface area contributed by atoms with E-state index < -0.39 is 0 Å². The van der Waals surface area contributed by atoms with Crippen molar-refractivity contribution >= 4 is 22.2 Å². The van der Waals surface area contributed by atoms with Gasteiger partial charge in [-0.1, -0.05) is 48.5 Å². The van der Waals surface area contributed by atoms with Crippen LogP contribution in [0.5, 0.6) is 0 Å². The van der Waals surface area contributed by atoms with Crippen LogP contribution in [0.3, 0.4) is 0 Å². The molecular weight excluding hydrogens is 400 g/mol. The van der Waals surface area contributed by atoms with Gasteiger partial charge in [-0.15, -0.1) is 0 Å². The summed E-state index contributed by atoms with van der Waals surface area (Å²) in [6.45, 7) is 2.07. The summed E-state index contributed by atoms with van der Waals surface area (Å²) < 4.78 is 1.78. The number of pyridine rings is 1. The van der Waals surface area contributed by atoms with Crippen molar-refractivity contribution in [2.24, 2.45) is 0 Å². The van der Waals surface area contributed by atoms with Crippen LogP contribution in [0, 0.1) is 6.92 Å². The summed E-state index contributed by atoms with van der Waals surface area (Å²) in [4.78, 5) is 14.2. The number of nitrogens with two attached hydrogens (primary N) is 1. The van der Waals surface area contributed by atoms with Gasteiger partial charge >= 0.3 is 0 Å². The van der Waals surface area contributed by atoms with Crippen molar-refractivity contribution < 1.29 is 5.11 Å². The normalized spacial score (nSPS) is 18.2. The third-order valence-corrected chi connectivity index (χ3v) is 6.40. The fraction of sp³-hybridized carbons (Fsp3) is 0.200. The number of aromatic nitrogens is 5. The maximum absolute atomic E-state index is 9.81. The molecule has 6 rings (SSSR count). The molecule has 5 aromatic rings. The number of benzene rings is 2. The minimum Gasteiger partial charge on any atom is -0.393 e. The molecule has 7 nitrogen and oxygen atoms in total. The number of aliphatic hydroxyl groups excluding tert-OH is 1. The van der Waals surface area contributed by atoms with E-state index in [-0.39, 0.29) is 12.0 Å². The molecule has 0 bridgehead atoms. The topological polar surface area (TPSA) is 102 Å². The smallest absolute Gasteiger partial charge is 0.153 e. The van der Waals surface area contributed by atoms with Gasteiger partial charge in [0.25, 0.3) is 0 Å². The summed E-state index contributed by atoms with van der Waals surface area (Å²) in [6, 6.07) is 18.4. The molecule has 0 radical (unpaired) electrons. The predicted molar refractivity (Wildman–Crippen MR) is 124 cm³/mol. The van der Waals surface area contributed by atoms with Crippen molar-refractivity contribution in [3.8, 4) is 22.5 Å². The van der Waals surface area contributed by atoms with Gasteiger partial charge in [-0.25, -0.2) is 19.5 Å². The zero-order valence-corrected chi connectivity index (χ0v) is 17.6. The Hall–Kier alpha value is -3.84. The minimum absolute atomic E-state index is 0.157. The monoisotopic (exact) mass is 422 g/mol. The molecule has 0 unspecified atom stereocenters. The standard InChI is InChI=1S/C25H22N6O/c1-14-19(9-7-16-8-10-20(29-21(14)16)15-5-3-2-4-6-15)22-23-24(26)27-13-28-31(23)25(30-22)17-11-18(32)12-17/h2-10,13,17-18,32H,11-12H2,1H3,(H2,26,27,28). The third-order valence-electron chi connectivity index (χ3n) is 6.40. The summed E-state index contributed by atoms with van der Waals surface area (Å²) >= 11 is 0. The molecule has 0 saturated heterocycles. The summed E-state index contributed by atoms with van der Waals surface area (Å²) in [5, 5.41) is 15.3. The Balaban J connectivity index is 1.56. The fourth-order valence-electron chi connectivity index (χ4n) is 4.58.